The van der Waals surface area contributed by atoms with E-state index in [2.05, 4.69) is 31.8 Å². The van der Waals surface area contributed by atoms with Gasteiger partial charge in [0.25, 0.3) is 11.8 Å². The molecule has 0 aromatic heterocycles. The molecule has 2 amide bonds. The molecule has 0 unspecified atom stereocenters. The van der Waals surface area contributed by atoms with E-state index in [0.717, 1.165) is 10.0 Å². The fourth-order valence-electron chi connectivity index (χ4n) is 2.75. The van der Waals surface area contributed by atoms with Crippen LogP contribution in [0.4, 0.5) is 0 Å². The molecule has 168 valence electrons. The highest BCUT2D eigenvalue weighted by Crippen LogP contribution is 2.23. The summed E-state index contributed by atoms with van der Waals surface area (Å²) in [5, 5.41) is 6.90. The average Bonchev–Trinajstić information content (AvgIpc) is 2.80. The number of ether oxygens (including phenoxy) is 1. The van der Waals surface area contributed by atoms with E-state index in [-0.39, 0.29) is 12.3 Å². The van der Waals surface area contributed by atoms with Crippen LogP contribution in [-0.2, 0) is 4.79 Å². The Bertz CT molecular complexity index is 1210. The smallest absolute Gasteiger partial charge is 0.343 e. The van der Waals surface area contributed by atoms with Gasteiger partial charge in [-0.05, 0) is 61.0 Å². The van der Waals surface area contributed by atoms with Crippen LogP contribution in [0.2, 0.25) is 5.02 Å². The van der Waals surface area contributed by atoms with Gasteiger partial charge in [0, 0.05) is 20.6 Å². The maximum atomic E-state index is 12.5. The Morgan fingerprint density at radius 2 is 1.79 bits per heavy atom. The second kappa shape index (κ2) is 11.4. The molecule has 2 N–H and O–H groups in total. The lowest BCUT2D eigenvalue weighted by Crippen LogP contribution is -2.34. The molecule has 33 heavy (non-hydrogen) atoms. The average molecular weight is 529 g/mol. The van der Waals surface area contributed by atoms with Gasteiger partial charge >= 0.3 is 5.97 Å². The minimum Gasteiger partial charge on any atom is -0.422 e. The topological polar surface area (TPSA) is 96.9 Å². The van der Waals surface area contributed by atoms with Gasteiger partial charge in [0.05, 0.1) is 18.3 Å². The molecular formula is C24H19BrClN3O4. The van der Waals surface area contributed by atoms with Gasteiger partial charge in [0.15, 0.2) is 0 Å². The Kier molecular flexibility index (Phi) is 8.34. The van der Waals surface area contributed by atoms with E-state index < -0.39 is 17.8 Å². The first-order valence-electron chi connectivity index (χ1n) is 9.76. The third-order valence-corrected chi connectivity index (χ3v) is 5.19. The zero-order valence-corrected chi connectivity index (χ0v) is 19.8. The van der Waals surface area contributed by atoms with E-state index in [1.165, 1.54) is 6.21 Å². The first-order chi connectivity index (χ1) is 15.8. The molecule has 0 bridgehead atoms. The van der Waals surface area contributed by atoms with Gasteiger partial charge in [0.1, 0.15) is 5.75 Å². The van der Waals surface area contributed by atoms with Crippen LogP contribution in [0.3, 0.4) is 0 Å². The van der Waals surface area contributed by atoms with Crippen molar-refractivity contribution in [3.05, 3.63) is 98.5 Å². The molecule has 0 heterocycles. The summed E-state index contributed by atoms with van der Waals surface area (Å²) in [6.45, 7) is 1.55. The van der Waals surface area contributed by atoms with E-state index in [4.69, 9.17) is 16.3 Å². The van der Waals surface area contributed by atoms with Crippen LogP contribution in [0, 0.1) is 6.92 Å². The largest absolute Gasteiger partial charge is 0.422 e. The molecule has 3 aromatic carbocycles. The number of hydrogen-bond donors (Lipinski definition) is 2. The molecule has 0 spiro atoms. The number of carbonyl (C=O) groups excluding carboxylic acids is 3. The van der Waals surface area contributed by atoms with Crippen LogP contribution in [-0.4, -0.2) is 30.5 Å². The van der Waals surface area contributed by atoms with E-state index >= 15 is 0 Å². The lowest BCUT2D eigenvalue weighted by molar-refractivity contribution is -0.120. The number of nitrogens with zero attached hydrogens (tertiary/aromatic N) is 1. The van der Waals surface area contributed by atoms with Crippen molar-refractivity contribution in [1.29, 1.82) is 0 Å². The summed E-state index contributed by atoms with van der Waals surface area (Å²) in [7, 11) is 0. The van der Waals surface area contributed by atoms with Crippen molar-refractivity contribution in [3.8, 4) is 5.75 Å². The number of carbonyl (C=O) groups is 3. The quantitative estimate of drug-likeness (QED) is 0.204. The number of hydrazone groups is 1. The van der Waals surface area contributed by atoms with E-state index in [1.807, 2.05) is 19.1 Å². The first-order valence-corrected chi connectivity index (χ1v) is 10.9. The molecule has 0 radical (unpaired) electrons. The molecule has 0 aliphatic heterocycles. The van der Waals surface area contributed by atoms with Crippen molar-refractivity contribution >= 4 is 51.5 Å². The van der Waals surface area contributed by atoms with Crippen molar-refractivity contribution in [2.24, 2.45) is 5.10 Å². The normalized spacial score (nSPS) is 10.6. The predicted octanol–water partition coefficient (Wildman–Crippen LogP) is 4.51. The van der Waals surface area contributed by atoms with E-state index in [9.17, 15) is 14.4 Å². The Morgan fingerprint density at radius 3 is 2.52 bits per heavy atom. The third kappa shape index (κ3) is 7.00. The van der Waals surface area contributed by atoms with Gasteiger partial charge in [0.2, 0.25) is 0 Å². The predicted molar refractivity (Wildman–Crippen MR) is 130 cm³/mol. The fraction of sp³-hybridized carbons (Fsp3) is 0.0833. The second-order valence-corrected chi connectivity index (χ2v) is 8.22. The number of halogens is 2. The summed E-state index contributed by atoms with van der Waals surface area (Å²) in [4.78, 5) is 36.6. The summed E-state index contributed by atoms with van der Waals surface area (Å²) in [5.41, 5.74) is 4.42. The Morgan fingerprint density at radius 1 is 1.06 bits per heavy atom. The fourth-order valence-corrected chi connectivity index (χ4v) is 3.25. The number of hydrogen-bond acceptors (Lipinski definition) is 5. The van der Waals surface area contributed by atoms with Crippen molar-refractivity contribution in [3.63, 3.8) is 0 Å². The van der Waals surface area contributed by atoms with E-state index in [0.29, 0.717) is 21.7 Å². The molecule has 0 aliphatic carbocycles. The SMILES string of the molecule is Cc1ccccc1C(=O)Oc1ccc(Br)cc1/C=N\NC(=O)CNC(=O)c1ccc(Cl)cc1. The molecule has 9 heteroatoms. The van der Waals surface area contributed by atoms with Crippen molar-refractivity contribution in [1.82, 2.24) is 10.7 Å². The Labute approximate surface area is 203 Å². The van der Waals surface area contributed by atoms with Gasteiger partial charge in [-0.2, -0.15) is 5.10 Å². The summed E-state index contributed by atoms with van der Waals surface area (Å²) >= 11 is 9.16. The molecule has 0 atom stereocenters. The lowest BCUT2D eigenvalue weighted by Gasteiger charge is -2.09. The van der Waals surface area contributed by atoms with Gasteiger partial charge in [-0.3, -0.25) is 9.59 Å². The summed E-state index contributed by atoms with van der Waals surface area (Å²) in [6, 6.07) is 18.4. The first kappa shape index (κ1) is 24.2. The minimum atomic E-state index is -0.526. The van der Waals surface area contributed by atoms with E-state index in [1.54, 1.807) is 54.6 Å². The van der Waals surface area contributed by atoms with Crippen LogP contribution < -0.4 is 15.5 Å². The number of amides is 2. The number of rotatable bonds is 7. The van der Waals surface area contributed by atoms with Crippen LogP contribution in [0.5, 0.6) is 5.75 Å². The highest BCUT2D eigenvalue weighted by molar-refractivity contribution is 9.10. The zero-order chi connectivity index (χ0) is 23.8. The lowest BCUT2D eigenvalue weighted by atomic mass is 10.1. The molecule has 0 saturated heterocycles. The molecule has 0 fully saturated rings. The van der Waals surface area contributed by atoms with Gasteiger partial charge in [-0.15, -0.1) is 0 Å². The number of aryl methyl sites for hydroxylation is 1. The van der Waals surface area contributed by atoms with Gasteiger partial charge in [-0.1, -0.05) is 45.7 Å². The number of nitrogens with one attached hydrogen (secondary N) is 2. The number of esters is 1. The van der Waals surface area contributed by atoms with Gasteiger partial charge in [-0.25, -0.2) is 10.2 Å². The third-order valence-electron chi connectivity index (χ3n) is 4.45. The van der Waals surface area contributed by atoms with Crippen LogP contribution in [0.1, 0.15) is 31.8 Å². The summed E-state index contributed by atoms with van der Waals surface area (Å²) in [5.74, 6) is -1.16. The monoisotopic (exact) mass is 527 g/mol. The maximum absolute atomic E-state index is 12.5. The minimum absolute atomic E-state index is 0.271. The Hall–Kier alpha value is -3.49. The molecule has 0 saturated carbocycles. The van der Waals surface area contributed by atoms with Crippen LogP contribution >= 0.6 is 27.5 Å². The molecule has 3 aromatic rings. The molecular weight excluding hydrogens is 510 g/mol. The number of benzene rings is 3. The van der Waals surface area contributed by atoms with Crippen molar-refractivity contribution in [2.45, 2.75) is 6.92 Å². The van der Waals surface area contributed by atoms with Crippen LogP contribution in [0.15, 0.2) is 76.3 Å². The molecule has 7 nitrogen and oxygen atoms in total. The standard InChI is InChI=1S/C24H19BrClN3O4/c1-15-4-2-3-5-20(15)24(32)33-21-11-8-18(25)12-17(21)13-28-29-22(30)14-27-23(31)16-6-9-19(26)10-7-16/h2-13H,14H2,1H3,(H,27,31)(H,29,30)/b28-13-. The highest BCUT2D eigenvalue weighted by atomic mass is 79.9. The Balaban J connectivity index is 1.60. The summed E-state index contributed by atoms with van der Waals surface area (Å²) in [6.07, 6.45) is 1.35. The van der Waals surface area contributed by atoms with Crippen molar-refractivity contribution in [2.75, 3.05) is 6.54 Å². The summed E-state index contributed by atoms with van der Waals surface area (Å²) < 4.78 is 6.27. The zero-order valence-electron chi connectivity index (χ0n) is 17.5. The van der Waals surface area contributed by atoms with Gasteiger partial charge < -0.3 is 10.1 Å². The highest BCUT2D eigenvalue weighted by Gasteiger charge is 2.13. The second-order valence-electron chi connectivity index (χ2n) is 6.87. The molecule has 0 aliphatic rings. The van der Waals surface area contributed by atoms with Crippen molar-refractivity contribution < 1.29 is 19.1 Å². The van der Waals surface area contributed by atoms with Crippen LogP contribution in [0.25, 0.3) is 0 Å². The molecule has 3 rings (SSSR count). The maximum Gasteiger partial charge on any atom is 0.343 e.